The third-order valence-electron chi connectivity index (χ3n) is 9.25. The molecule has 0 atom stereocenters. The Balaban J connectivity index is 1.21. The summed E-state index contributed by atoms with van der Waals surface area (Å²) >= 11 is 0. The summed E-state index contributed by atoms with van der Waals surface area (Å²) in [5.41, 5.74) is -3.14. The number of aromatic nitrogens is 2. The second-order valence-corrected chi connectivity index (χ2v) is 12.0. The predicted molar refractivity (Wildman–Crippen MR) is 182 cm³/mol. The maximum absolute atomic E-state index is 15.0. The van der Waals surface area contributed by atoms with Gasteiger partial charge in [0.2, 0.25) is 5.41 Å². The van der Waals surface area contributed by atoms with Crippen molar-refractivity contribution in [1.29, 1.82) is 0 Å². The lowest BCUT2D eigenvalue weighted by Crippen LogP contribution is -2.54. The topological polar surface area (TPSA) is 25.8 Å². The summed E-state index contributed by atoms with van der Waals surface area (Å²) in [5.74, 6) is 0. The molecule has 8 rings (SSSR count). The van der Waals surface area contributed by atoms with Crippen LogP contribution in [0.25, 0.3) is 65.9 Å². The summed E-state index contributed by atoms with van der Waals surface area (Å²) in [5, 5.41) is 5.44. The highest BCUT2D eigenvalue weighted by Crippen LogP contribution is 2.56. The molecule has 0 bridgehead atoms. The first-order valence-corrected chi connectivity index (χ1v) is 15.5. The first-order chi connectivity index (χ1) is 23.5. The van der Waals surface area contributed by atoms with Crippen LogP contribution in [0.15, 0.2) is 146 Å². The summed E-state index contributed by atoms with van der Waals surface area (Å²) in [7, 11) is 0. The van der Waals surface area contributed by atoms with Crippen LogP contribution in [0.5, 0.6) is 0 Å². The van der Waals surface area contributed by atoms with Crippen LogP contribution >= 0.6 is 0 Å². The fraction of sp³-hybridized carbons (Fsp3) is 0.0732. The molecule has 0 fully saturated rings. The van der Waals surface area contributed by atoms with E-state index in [9.17, 15) is 26.3 Å². The van der Waals surface area contributed by atoms with Crippen molar-refractivity contribution >= 4 is 43.4 Å². The van der Waals surface area contributed by atoms with E-state index in [1.54, 1.807) is 12.1 Å². The molecule has 0 aliphatic heterocycles. The molecule has 0 saturated carbocycles. The number of nitrogens with zero attached hydrogens (tertiary/aromatic N) is 2. The zero-order chi connectivity index (χ0) is 34.0. The van der Waals surface area contributed by atoms with Gasteiger partial charge in [-0.3, -0.25) is 0 Å². The Morgan fingerprint density at radius 2 is 0.694 bits per heavy atom. The minimum absolute atomic E-state index is 0.391. The number of hydrogen-bond acceptors (Lipinski definition) is 2. The fourth-order valence-corrected chi connectivity index (χ4v) is 6.80. The zero-order valence-corrected chi connectivity index (χ0v) is 25.5. The van der Waals surface area contributed by atoms with E-state index in [-0.39, 0.29) is 0 Å². The van der Waals surface area contributed by atoms with Gasteiger partial charge in [0.25, 0.3) is 0 Å². The summed E-state index contributed by atoms with van der Waals surface area (Å²) in [6.07, 6.45) is -11.4. The number of alkyl halides is 6. The SMILES string of the molecule is FC(F)(F)C(c1ccc(-c2ccc3ccc4ccccc4c3n2)cc1)(c1ccc(-c2ccc3ccc4ccccc4c3n2)cc1)C(F)(F)F. The molecule has 8 heteroatoms. The molecule has 0 radical (unpaired) electrons. The molecular formula is C41H24F6N2. The van der Waals surface area contributed by atoms with Gasteiger partial charge in [-0.1, -0.05) is 133 Å². The highest BCUT2D eigenvalue weighted by molar-refractivity contribution is 6.06. The molecule has 8 aromatic rings. The molecule has 2 nitrogen and oxygen atoms in total. The van der Waals surface area contributed by atoms with E-state index in [4.69, 9.17) is 9.97 Å². The highest BCUT2D eigenvalue weighted by atomic mass is 19.4. The van der Waals surface area contributed by atoms with Crippen LogP contribution in [0.4, 0.5) is 26.3 Å². The third-order valence-corrected chi connectivity index (χ3v) is 9.25. The summed E-state index contributed by atoms with van der Waals surface area (Å²) in [4.78, 5) is 9.49. The van der Waals surface area contributed by atoms with Crippen molar-refractivity contribution in [1.82, 2.24) is 9.97 Å². The molecule has 0 saturated heterocycles. The normalized spacial score (nSPS) is 12.7. The van der Waals surface area contributed by atoms with E-state index in [0.29, 0.717) is 33.5 Å². The van der Waals surface area contributed by atoms with E-state index >= 15 is 0 Å². The van der Waals surface area contributed by atoms with E-state index in [1.807, 2.05) is 84.9 Å². The lowest BCUT2D eigenvalue weighted by molar-refractivity contribution is -0.288. The molecule has 0 unspecified atom stereocenters. The van der Waals surface area contributed by atoms with E-state index in [2.05, 4.69) is 0 Å². The first-order valence-electron chi connectivity index (χ1n) is 15.5. The molecule has 0 spiro atoms. The van der Waals surface area contributed by atoms with Gasteiger partial charge in [0.15, 0.2) is 0 Å². The van der Waals surface area contributed by atoms with Crippen molar-refractivity contribution in [3.8, 4) is 22.5 Å². The van der Waals surface area contributed by atoms with Crippen molar-refractivity contribution in [2.45, 2.75) is 17.8 Å². The number of pyridine rings is 2. The first kappa shape index (κ1) is 30.6. The maximum Gasteiger partial charge on any atom is 0.411 e. The number of rotatable bonds is 4. The molecule has 0 amide bonds. The van der Waals surface area contributed by atoms with Gasteiger partial charge in [-0.25, -0.2) is 9.97 Å². The van der Waals surface area contributed by atoms with Gasteiger partial charge in [-0.15, -0.1) is 0 Å². The van der Waals surface area contributed by atoms with Crippen LogP contribution in [0.1, 0.15) is 11.1 Å². The Morgan fingerprint density at radius 1 is 0.347 bits per heavy atom. The summed E-state index contributed by atoms with van der Waals surface area (Å²) in [6.45, 7) is 0. The Kier molecular flexibility index (Phi) is 6.96. The Hall–Kier alpha value is -5.76. The van der Waals surface area contributed by atoms with Crippen LogP contribution in [0, 0.1) is 0 Å². The van der Waals surface area contributed by atoms with Crippen molar-refractivity contribution < 1.29 is 26.3 Å². The molecule has 0 N–H and O–H groups in total. The molecular weight excluding hydrogens is 634 g/mol. The van der Waals surface area contributed by atoms with Gasteiger partial charge in [-0.05, 0) is 34.0 Å². The predicted octanol–water partition coefficient (Wildman–Crippen LogP) is 11.8. The fourth-order valence-electron chi connectivity index (χ4n) is 6.80. The molecule has 6 aromatic carbocycles. The van der Waals surface area contributed by atoms with Crippen LogP contribution < -0.4 is 0 Å². The maximum atomic E-state index is 15.0. The second-order valence-electron chi connectivity index (χ2n) is 12.0. The smallest absolute Gasteiger partial charge is 0.247 e. The Labute approximate surface area is 276 Å². The summed E-state index contributed by atoms with van der Waals surface area (Å²) < 4.78 is 89.9. The third kappa shape index (κ3) is 4.89. The second kappa shape index (κ2) is 11.2. The van der Waals surface area contributed by atoms with E-state index in [1.165, 1.54) is 24.3 Å². The Bertz CT molecular complexity index is 2340. The van der Waals surface area contributed by atoms with Crippen LogP contribution in [0.3, 0.4) is 0 Å². The quantitative estimate of drug-likeness (QED) is 0.139. The molecule has 2 heterocycles. The Morgan fingerprint density at radius 3 is 1.08 bits per heavy atom. The van der Waals surface area contributed by atoms with Crippen LogP contribution in [-0.2, 0) is 5.41 Å². The molecule has 240 valence electrons. The highest BCUT2D eigenvalue weighted by Gasteiger charge is 2.72. The minimum atomic E-state index is -5.71. The lowest BCUT2D eigenvalue weighted by atomic mass is 9.72. The number of hydrogen-bond donors (Lipinski definition) is 0. The van der Waals surface area contributed by atoms with Gasteiger partial charge < -0.3 is 0 Å². The van der Waals surface area contributed by atoms with Gasteiger partial charge in [0.05, 0.1) is 22.4 Å². The van der Waals surface area contributed by atoms with Crippen molar-refractivity contribution in [2.24, 2.45) is 0 Å². The zero-order valence-electron chi connectivity index (χ0n) is 25.5. The van der Waals surface area contributed by atoms with Gasteiger partial charge in [-0.2, -0.15) is 26.3 Å². The number of fused-ring (bicyclic) bond motifs is 6. The number of benzene rings is 6. The van der Waals surface area contributed by atoms with Crippen LogP contribution in [0.2, 0.25) is 0 Å². The van der Waals surface area contributed by atoms with Crippen molar-refractivity contribution in [2.75, 3.05) is 0 Å². The van der Waals surface area contributed by atoms with Crippen molar-refractivity contribution in [3.63, 3.8) is 0 Å². The lowest BCUT2D eigenvalue weighted by Gasteiger charge is -2.38. The van der Waals surface area contributed by atoms with Crippen LogP contribution in [-0.4, -0.2) is 22.3 Å². The van der Waals surface area contributed by atoms with E-state index in [0.717, 1.165) is 56.6 Å². The minimum Gasteiger partial charge on any atom is -0.247 e. The summed E-state index contributed by atoms with van der Waals surface area (Å²) in [6, 6.07) is 38.8. The van der Waals surface area contributed by atoms with Gasteiger partial charge >= 0.3 is 12.4 Å². The molecule has 0 aliphatic carbocycles. The average molecular weight is 659 g/mol. The molecule has 49 heavy (non-hydrogen) atoms. The van der Waals surface area contributed by atoms with Gasteiger partial charge in [0, 0.05) is 32.7 Å². The standard InChI is InChI=1S/C41H24F6N2/c42-40(43,44)39(41(45,46)47,31-19-13-27(14-20-31)35-23-17-29-11-9-25-5-1-3-7-33(25)37(29)48-35)32-21-15-28(16-22-32)36-24-18-30-12-10-26-6-2-4-8-34(26)38(30)49-36/h1-24H. The van der Waals surface area contributed by atoms with E-state index < -0.39 is 28.9 Å². The van der Waals surface area contributed by atoms with Crippen molar-refractivity contribution in [3.05, 3.63) is 157 Å². The average Bonchev–Trinajstić information content (AvgIpc) is 3.11. The molecule has 2 aromatic heterocycles. The number of halogens is 6. The largest absolute Gasteiger partial charge is 0.411 e. The monoisotopic (exact) mass is 658 g/mol. The van der Waals surface area contributed by atoms with Gasteiger partial charge in [0.1, 0.15) is 0 Å². The molecule has 0 aliphatic rings.